The number of nitrogens with zero attached hydrogens (tertiary/aromatic N) is 4. The van der Waals surface area contributed by atoms with Crippen molar-refractivity contribution in [2.45, 2.75) is 19.3 Å². The van der Waals surface area contributed by atoms with Crippen LogP contribution in [0.5, 0.6) is 0 Å². The quantitative estimate of drug-likeness (QED) is 0.165. The van der Waals surface area contributed by atoms with E-state index >= 15 is 0 Å². The molecule has 0 unspecified atom stereocenters. The summed E-state index contributed by atoms with van der Waals surface area (Å²) < 4.78 is 17.0. The largest absolute Gasteiger partial charge is 0.455 e. The molecule has 13 aromatic carbocycles. The van der Waals surface area contributed by atoms with Crippen LogP contribution in [0.15, 0.2) is 276 Å². The summed E-state index contributed by atoms with van der Waals surface area (Å²) >= 11 is 0. The summed E-state index contributed by atoms with van der Waals surface area (Å²) in [5, 5.41) is 16.5. The highest BCUT2D eigenvalue weighted by Gasteiger charge is 2.35. The maximum atomic E-state index is 6.28. The second kappa shape index (κ2) is 17.8. The number of fused-ring (bicyclic) bond motifs is 26. The number of benzene rings is 13. The molecule has 19 aromatic rings. The molecule has 0 aliphatic heterocycles. The Balaban J connectivity index is 0.000000127. The van der Waals surface area contributed by atoms with Gasteiger partial charge in [-0.25, -0.2) is 9.97 Å². The molecule has 0 bridgehead atoms. The molecule has 87 heavy (non-hydrogen) atoms. The molecule has 0 amide bonds. The molecule has 6 heteroatoms. The lowest BCUT2D eigenvalue weighted by molar-refractivity contribution is 0.660. The van der Waals surface area contributed by atoms with Gasteiger partial charge in [-0.2, -0.15) is 0 Å². The number of aromatic nitrogens is 4. The third-order valence-electron chi connectivity index (χ3n) is 19.0. The molecule has 0 saturated heterocycles. The minimum atomic E-state index is -0.0316. The lowest BCUT2D eigenvalue weighted by Gasteiger charge is -2.22. The highest BCUT2D eigenvalue weighted by atomic mass is 16.3. The Hall–Kier alpha value is -11.3. The van der Waals surface area contributed by atoms with E-state index in [-0.39, 0.29) is 5.41 Å². The van der Waals surface area contributed by atoms with E-state index in [1.807, 2.05) is 24.3 Å². The molecule has 6 heterocycles. The molecule has 6 aromatic heterocycles. The molecule has 406 valence electrons. The summed E-state index contributed by atoms with van der Waals surface area (Å²) in [4.78, 5) is 10.4. The van der Waals surface area contributed by atoms with Crippen molar-refractivity contribution in [1.29, 1.82) is 0 Å². The van der Waals surface area contributed by atoms with Gasteiger partial charge < -0.3 is 8.83 Å². The Labute approximate surface area is 498 Å². The lowest BCUT2D eigenvalue weighted by atomic mass is 9.81. The third-order valence-corrected chi connectivity index (χ3v) is 19.0. The second-order valence-electron chi connectivity index (χ2n) is 24.0. The van der Waals surface area contributed by atoms with Crippen molar-refractivity contribution in [3.05, 3.63) is 278 Å². The zero-order valence-corrected chi connectivity index (χ0v) is 47.5. The highest BCUT2D eigenvalue weighted by Crippen LogP contribution is 2.50. The molecule has 6 nitrogen and oxygen atoms in total. The van der Waals surface area contributed by atoms with Crippen LogP contribution in [-0.4, -0.2) is 18.8 Å². The van der Waals surface area contributed by atoms with Crippen LogP contribution >= 0.6 is 0 Å². The predicted octanol–water partition coefficient (Wildman–Crippen LogP) is 21.8. The van der Waals surface area contributed by atoms with Crippen LogP contribution in [-0.2, 0) is 5.41 Å². The van der Waals surface area contributed by atoms with Crippen molar-refractivity contribution in [2.75, 3.05) is 0 Å². The van der Waals surface area contributed by atoms with E-state index in [1.165, 1.54) is 98.7 Å². The number of imidazole rings is 2. The van der Waals surface area contributed by atoms with Crippen LogP contribution in [0.25, 0.3) is 176 Å². The summed E-state index contributed by atoms with van der Waals surface area (Å²) in [7, 11) is 0. The minimum absolute atomic E-state index is 0.0316. The standard InChI is InChI=1S/C41H24N2O.C40H26N2O/c1-2-10-29-26(8-1)9-7-14-30(29)27-18-16-25(17-19-27)28-20-21-34-35(22-28)31-11-3-4-13-33(31)40-41(34)43-24-38-36(23-39(43)42-40)32-12-5-6-15-37(32)44-38;1-40(2)33-13-7-5-10-26(33)27-17-15-24(20-34(27)40)23-16-18-30-31(19-23)25-9-3-4-12-29(25)38-39(30)42-22-36-32(21-37(42)41-38)28-11-6-8-14-35(28)43-36/h1-24H;3-22H,1-2H3. The van der Waals surface area contributed by atoms with Crippen molar-refractivity contribution in [3.63, 3.8) is 0 Å². The first-order chi connectivity index (χ1) is 42.9. The van der Waals surface area contributed by atoms with Crippen molar-refractivity contribution in [1.82, 2.24) is 18.8 Å². The van der Waals surface area contributed by atoms with Gasteiger partial charge in [0.25, 0.3) is 0 Å². The maximum Gasteiger partial charge on any atom is 0.152 e. The van der Waals surface area contributed by atoms with Gasteiger partial charge in [0.15, 0.2) is 11.2 Å². The number of pyridine rings is 2. The van der Waals surface area contributed by atoms with Gasteiger partial charge in [0, 0.05) is 48.5 Å². The highest BCUT2D eigenvalue weighted by molar-refractivity contribution is 6.26. The van der Waals surface area contributed by atoms with Crippen LogP contribution < -0.4 is 0 Å². The molecule has 0 atom stereocenters. The van der Waals surface area contributed by atoms with Gasteiger partial charge in [-0.3, -0.25) is 8.80 Å². The monoisotopic (exact) mass is 1110 g/mol. The first kappa shape index (κ1) is 48.1. The van der Waals surface area contributed by atoms with E-state index in [9.17, 15) is 0 Å². The predicted molar refractivity (Wildman–Crippen MR) is 361 cm³/mol. The average molecular weight is 1110 g/mol. The maximum absolute atomic E-state index is 6.28. The second-order valence-corrected chi connectivity index (χ2v) is 24.0. The topological polar surface area (TPSA) is 60.9 Å². The molecule has 0 radical (unpaired) electrons. The Bertz CT molecular complexity index is 6170. The summed E-state index contributed by atoms with van der Waals surface area (Å²) in [5.41, 5.74) is 22.4. The number of hydrogen-bond donors (Lipinski definition) is 0. The van der Waals surface area contributed by atoms with E-state index in [0.29, 0.717) is 0 Å². The van der Waals surface area contributed by atoms with E-state index in [4.69, 9.17) is 18.8 Å². The number of para-hydroxylation sites is 2. The zero-order chi connectivity index (χ0) is 57.2. The van der Waals surface area contributed by atoms with Gasteiger partial charge >= 0.3 is 0 Å². The molecule has 1 aliphatic carbocycles. The van der Waals surface area contributed by atoms with E-state index in [2.05, 4.69) is 266 Å². The SMILES string of the molecule is CC1(C)c2ccccc2-c2ccc(-c3ccc4c(c3)c3ccccc3c3nc5cc6c(cn5c43)oc3ccccc36)cc21.c1ccc2c(-c3ccc(-c4ccc5c(c4)c4ccccc4c4nc6cc7c(cn6c54)oc4ccccc47)cc3)cccc2c1. The smallest absolute Gasteiger partial charge is 0.152 e. The molecule has 20 rings (SSSR count). The molecule has 0 fully saturated rings. The van der Waals surface area contributed by atoms with Crippen molar-refractivity contribution < 1.29 is 8.83 Å². The van der Waals surface area contributed by atoms with Crippen molar-refractivity contribution in [2.24, 2.45) is 0 Å². The van der Waals surface area contributed by atoms with Gasteiger partial charge in [0.1, 0.15) is 22.5 Å². The summed E-state index contributed by atoms with van der Waals surface area (Å²) in [6, 6.07) is 91.7. The Morgan fingerprint density at radius 3 is 1.33 bits per heavy atom. The fourth-order valence-electron chi connectivity index (χ4n) is 14.8. The average Bonchev–Trinajstić information content (AvgIpc) is 1.73. The van der Waals surface area contributed by atoms with Gasteiger partial charge in [-0.1, -0.05) is 226 Å². The number of furan rings is 2. The summed E-state index contributed by atoms with van der Waals surface area (Å²) in [5.74, 6) is 0. The van der Waals surface area contributed by atoms with Crippen molar-refractivity contribution >= 4 is 131 Å². The van der Waals surface area contributed by atoms with E-state index in [1.54, 1.807) is 0 Å². The van der Waals surface area contributed by atoms with E-state index < -0.39 is 0 Å². The molecular formula is C81H50N4O2. The van der Waals surface area contributed by atoms with Crippen LogP contribution in [0.2, 0.25) is 0 Å². The van der Waals surface area contributed by atoms with Crippen LogP contribution in [0.3, 0.4) is 0 Å². The normalized spacial score (nSPS) is 13.0. The lowest BCUT2D eigenvalue weighted by Crippen LogP contribution is -2.14. The molecule has 0 spiro atoms. The van der Waals surface area contributed by atoms with E-state index in [0.717, 1.165) is 88.0 Å². The zero-order valence-electron chi connectivity index (χ0n) is 47.5. The van der Waals surface area contributed by atoms with Crippen LogP contribution in [0.1, 0.15) is 25.0 Å². The summed E-state index contributed by atoms with van der Waals surface area (Å²) in [6.07, 6.45) is 4.22. The minimum Gasteiger partial charge on any atom is -0.455 e. The summed E-state index contributed by atoms with van der Waals surface area (Å²) in [6.45, 7) is 4.69. The number of rotatable bonds is 3. The number of hydrogen-bond acceptors (Lipinski definition) is 4. The first-order valence-corrected chi connectivity index (χ1v) is 29.8. The van der Waals surface area contributed by atoms with Gasteiger partial charge in [-0.15, -0.1) is 0 Å². The van der Waals surface area contributed by atoms with Gasteiger partial charge in [0.2, 0.25) is 0 Å². The molecular weight excluding hydrogens is 1060 g/mol. The van der Waals surface area contributed by atoms with Crippen LogP contribution in [0.4, 0.5) is 0 Å². The van der Waals surface area contributed by atoms with Crippen LogP contribution in [0, 0.1) is 0 Å². The first-order valence-electron chi connectivity index (χ1n) is 29.8. The molecule has 0 saturated carbocycles. The Morgan fingerprint density at radius 1 is 0.287 bits per heavy atom. The fourth-order valence-corrected chi connectivity index (χ4v) is 14.8. The Kier molecular flexibility index (Phi) is 9.86. The molecule has 0 N–H and O–H groups in total. The van der Waals surface area contributed by atoms with Gasteiger partial charge in [0.05, 0.1) is 34.5 Å². The fraction of sp³-hybridized carbons (Fsp3) is 0.0370. The van der Waals surface area contributed by atoms with Crippen molar-refractivity contribution in [3.8, 4) is 44.5 Å². The molecule has 1 aliphatic rings. The third kappa shape index (κ3) is 6.98. The van der Waals surface area contributed by atoms with Gasteiger partial charge in [-0.05, 0) is 130 Å². The Morgan fingerprint density at radius 2 is 0.724 bits per heavy atom.